The van der Waals surface area contributed by atoms with E-state index in [-0.39, 0.29) is 18.9 Å². The van der Waals surface area contributed by atoms with Gasteiger partial charge in [0.15, 0.2) is 5.17 Å². The second kappa shape index (κ2) is 8.55. The van der Waals surface area contributed by atoms with E-state index in [1.807, 2.05) is 43.3 Å². The second-order valence-electron chi connectivity index (χ2n) is 5.80. The summed E-state index contributed by atoms with van der Waals surface area (Å²) < 4.78 is 5.54. The van der Waals surface area contributed by atoms with Crippen molar-refractivity contribution < 1.29 is 19.4 Å². The third-order valence-corrected chi connectivity index (χ3v) is 4.68. The molecule has 0 unspecified atom stereocenters. The van der Waals surface area contributed by atoms with Crippen LogP contribution in [0, 0.1) is 6.92 Å². The van der Waals surface area contributed by atoms with Gasteiger partial charge in [-0.3, -0.25) is 9.59 Å². The van der Waals surface area contributed by atoms with Gasteiger partial charge in [0, 0.05) is 5.56 Å². The van der Waals surface area contributed by atoms with E-state index in [0.717, 1.165) is 11.3 Å². The number of hydrogen-bond acceptors (Lipinski definition) is 5. The summed E-state index contributed by atoms with van der Waals surface area (Å²) >= 11 is 1.26. The number of carbonyl (C=O) groups is 2. The molecule has 1 saturated heterocycles. The Morgan fingerprint density at radius 3 is 2.74 bits per heavy atom. The molecule has 0 radical (unpaired) electrons. The number of carboxylic acid groups (broad SMARTS) is 1. The zero-order chi connectivity index (χ0) is 19.2. The topological polar surface area (TPSA) is 88.0 Å². The first kappa shape index (κ1) is 18.7. The lowest BCUT2D eigenvalue weighted by Crippen LogP contribution is -2.19. The number of carboxylic acids is 1. The Morgan fingerprint density at radius 1 is 1.22 bits per heavy atom. The van der Waals surface area contributed by atoms with E-state index in [9.17, 15) is 9.59 Å². The Hall–Kier alpha value is -3.06. The van der Waals surface area contributed by atoms with Gasteiger partial charge in [0.25, 0.3) is 5.91 Å². The standard InChI is InChI=1S/C20H18N2O4S/c1-13-6-2-4-8-15(13)21-20-22-19(25)17(27-20)12-14-7-3-5-9-16(14)26-11-10-18(23)24/h2-9,12H,10-11H2,1H3,(H,23,24)(H,21,22,25)/b17-12+. The number of aryl methyl sites for hydroxylation is 1. The molecule has 6 nitrogen and oxygen atoms in total. The van der Waals surface area contributed by atoms with Gasteiger partial charge in [0.2, 0.25) is 0 Å². The Bertz CT molecular complexity index is 937. The first-order chi connectivity index (χ1) is 13.0. The number of aliphatic imine (C=N–C) groups is 1. The number of amides is 1. The first-order valence-corrected chi connectivity index (χ1v) is 9.13. The fraction of sp³-hybridized carbons (Fsp3) is 0.150. The molecule has 1 heterocycles. The first-order valence-electron chi connectivity index (χ1n) is 8.32. The number of aliphatic carboxylic acids is 1. The summed E-state index contributed by atoms with van der Waals surface area (Å²) in [7, 11) is 0. The van der Waals surface area contributed by atoms with Crippen LogP contribution in [-0.2, 0) is 9.59 Å². The summed E-state index contributed by atoms with van der Waals surface area (Å²) in [5.74, 6) is -0.620. The predicted octanol–water partition coefficient (Wildman–Crippen LogP) is 3.74. The zero-order valence-electron chi connectivity index (χ0n) is 14.6. The van der Waals surface area contributed by atoms with Crippen LogP contribution in [0.2, 0.25) is 0 Å². The van der Waals surface area contributed by atoms with Gasteiger partial charge in [-0.2, -0.15) is 0 Å². The van der Waals surface area contributed by atoms with E-state index < -0.39 is 5.97 Å². The molecule has 0 saturated carbocycles. The van der Waals surface area contributed by atoms with Crippen molar-refractivity contribution in [2.75, 3.05) is 6.61 Å². The maximum atomic E-state index is 12.3. The summed E-state index contributed by atoms with van der Waals surface area (Å²) in [5.41, 5.74) is 2.53. The van der Waals surface area contributed by atoms with Gasteiger partial charge in [-0.1, -0.05) is 36.4 Å². The lowest BCUT2D eigenvalue weighted by Gasteiger charge is -2.08. The highest BCUT2D eigenvalue weighted by molar-refractivity contribution is 8.18. The Labute approximate surface area is 161 Å². The van der Waals surface area contributed by atoms with Crippen LogP contribution in [0.4, 0.5) is 5.69 Å². The molecule has 0 aliphatic carbocycles. The average Bonchev–Trinajstić information content (AvgIpc) is 2.97. The van der Waals surface area contributed by atoms with Gasteiger partial charge in [-0.15, -0.1) is 0 Å². The van der Waals surface area contributed by atoms with Crippen molar-refractivity contribution in [2.24, 2.45) is 4.99 Å². The number of para-hydroxylation sites is 2. The Morgan fingerprint density at radius 2 is 1.96 bits per heavy atom. The second-order valence-corrected chi connectivity index (χ2v) is 6.83. The highest BCUT2D eigenvalue weighted by Crippen LogP contribution is 2.31. The van der Waals surface area contributed by atoms with Crippen LogP contribution in [0.1, 0.15) is 17.5 Å². The number of nitrogens with one attached hydrogen (secondary N) is 1. The molecule has 2 aromatic carbocycles. The highest BCUT2D eigenvalue weighted by atomic mass is 32.2. The zero-order valence-corrected chi connectivity index (χ0v) is 15.5. The van der Waals surface area contributed by atoms with E-state index in [1.165, 1.54) is 11.8 Å². The largest absolute Gasteiger partial charge is 0.492 e. The van der Waals surface area contributed by atoms with Crippen LogP contribution >= 0.6 is 11.8 Å². The lowest BCUT2D eigenvalue weighted by molar-refractivity contribution is -0.137. The van der Waals surface area contributed by atoms with E-state index in [1.54, 1.807) is 18.2 Å². The molecule has 7 heteroatoms. The summed E-state index contributed by atoms with van der Waals surface area (Å²) in [4.78, 5) is 27.9. The average molecular weight is 382 g/mol. The summed E-state index contributed by atoms with van der Waals surface area (Å²) in [6.07, 6.45) is 1.63. The number of nitrogens with zero attached hydrogens (tertiary/aromatic N) is 1. The molecule has 0 atom stereocenters. The number of hydrogen-bond donors (Lipinski definition) is 2. The summed E-state index contributed by atoms with van der Waals surface area (Å²) in [6, 6.07) is 14.9. The monoisotopic (exact) mass is 382 g/mol. The molecule has 3 rings (SSSR count). The third kappa shape index (κ3) is 4.98. The number of rotatable bonds is 6. The molecular formula is C20H18N2O4S. The van der Waals surface area contributed by atoms with Crippen molar-refractivity contribution in [1.82, 2.24) is 5.32 Å². The van der Waals surface area contributed by atoms with Gasteiger partial charge in [-0.05, 0) is 42.5 Å². The predicted molar refractivity (Wildman–Crippen MR) is 106 cm³/mol. The molecule has 1 aliphatic heterocycles. The highest BCUT2D eigenvalue weighted by Gasteiger charge is 2.24. The summed E-state index contributed by atoms with van der Waals surface area (Å²) in [6.45, 7) is 2.02. The maximum absolute atomic E-state index is 12.3. The molecule has 138 valence electrons. The number of benzene rings is 2. The van der Waals surface area contributed by atoms with Crippen molar-refractivity contribution in [3.63, 3.8) is 0 Å². The van der Waals surface area contributed by atoms with Crippen LogP contribution in [0.25, 0.3) is 6.08 Å². The number of thioether (sulfide) groups is 1. The Balaban J connectivity index is 1.79. The minimum atomic E-state index is -0.923. The normalized spacial score (nSPS) is 16.6. The van der Waals surface area contributed by atoms with Crippen molar-refractivity contribution in [3.8, 4) is 5.75 Å². The van der Waals surface area contributed by atoms with Gasteiger partial charge in [0.05, 0.1) is 23.6 Å². The number of ether oxygens (including phenoxy) is 1. The van der Waals surface area contributed by atoms with Crippen LogP contribution in [0.15, 0.2) is 58.4 Å². The molecule has 0 aromatic heterocycles. The van der Waals surface area contributed by atoms with Crippen molar-refractivity contribution in [2.45, 2.75) is 13.3 Å². The minimum absolute atomic E-state index is 0.0643. The van der Waals surface area contributed by atoms with Gasteiger partial charge in [0.1, 0.15) is 5.75 Å². The van der Waals surface area contributed by atoms with E-state index in [2.05, 4.69) is 10.3 Å². The molecular weight excluding hydrogens is 364 g/mol. The van der Waals surface area contributed by atoms with Crippen molar-refractivity contribution in [3.05, 3.63) is 64.6 Å². The summed E-state index contributed by atoms with van der Waals surface area (Å²) in [5, 5.41) is 12.0. The minimum Gasteiger partial charge on any atom is -0.492 e. The molecule has 2 N–H and O–H groups in total. The number of amidine groups is 1. The quantitative estimate of drug-likeness (QED) is 0.743. The van der Waals surface area contributed by atoms with Gasteiger partial charge >= 0.3 is 5.97 Å². The number of carbonyl (C=O) groups excluding carboxylic acids is 1. The lowest BCUT2D eigenvalue weighted by atomic mass is 10.2. The van der Waals surface area contributed by atoms with Crippen molar-refractivity contribution in [1.29, 1.82) is 0 Å². The fourth-order valence-corrected chi connectivity index (χ4v) is 3.23. The van der Waals surface area contributed by atoms with Crippen molar-refractivity contribution >= 4 is 40.6 Å². The third-order valence-electron chi connectivity index (χ3n) is 3.77. The molecule has 1 aliphatic rings. The van der Waals surface area contributed by atoms with Gasteiger partial charge in [-0.25, -0.2) is 4.99 Å². The Kier molecular flexibility index (Phi) is 5.93. The van der Waals surface area contributed by atoms with E-state index in [4.69, 9.17) is 9.84 Å². The van der Waals surface area contributed by atoms with Crippen LogP contribution in [0.3, 0.4) is 0 Å². The van der Waals surface area contributed by atoms with Crippen LogP contribution < -0.4 is 10.1 Å². The molecule has 0 bridgehead atoms. The smallest absolute Gasteiger partial charge is 0.306 e. The SMILES string of the molecule is Cc1ccccc1N=C1NC(=O)/C(=C\c2ccccc2OCCC(=O)O)S1. The molecule has 27 heavy (non-hydrogen) atoms. The van der Waals surface area contributed by atoms with Gasteiger partial charge < -0.3 is 15.2 Å². The fourth-order valence-electron chi connectivity index (χ4n) is 2.40. The molecule has 2 aromatic rings. The van der Waals surface area contributed by atoms with E-state index in [0.29, 0.717) is 21.4 Å². The van der Waals surface area contributed by atoms with Crippen LogP contribution in [0.5, 0.6) is 5.75 Å². The maximum Gasteiger partial charge on any atom is 0.306 e. The van der Waals surface area contributed by atoms with E-state index >= 15 is 0 Å². The molecule has 0 spiro atoms. The van der Waals surface area contributed by atoms with Crippen LogP contribution in [-0.4, -0.2) is 28.8 Å². The molecule has 1 amide bonds. The molecule has 1 fully saturated rings.